The van der Waals surface area contributed by atoms with E-state index < -0.39 is 27.3 Å². The Morgan fingerprint density at radius 3 is 2.07 bits per heavy atom. The molecule has 4 nitrogen and oxygen atoms in total. The lowest BCUT2D eigenvalue weighted by Gasteiger charge is -2.45. The van der Waals surface area contributed by atoms with E-state index in [1.165, 1.54) is 19.3 Å². The quantitative estimate of drug-likeness (QED) is 0.655. The van der Waals surface area contributed by atoms with Crippen LogP contribution in [-0.2, 0) is 12.3 Å². The fourth-order valence-electron chi connectivity index (χ4n) is 2.42. The molecule has 2 unspecified atom stereocenters. The fourth-order valence-corrected chi connectivity index (χ4v) is 14.0. The van der Waals surface area contributed by atoms with Crippen LogP contribution in [0.1, 0.15) is 19.3 Å². The van der Waals surface area contributed by atoms with Crippen LogP contribution in [0.3, 0.4) is 0 Å². The van der Waals surface area contributed by atoms with Crippen molar-refractivity contribution in [2.24, 2.45) is 0 Å². The molecule has 2 fully saturated rings. The third-order valence-corrected chi connectivity index (χ3v) is 13.9. The van der Waals surface area contributed by atoms with E-state index in [2.05, 4.69) is 24.2 Å². The first-order valence-corrected chi connectivity index (χ1v) is 12.3. The van der Waals surface area contributed by atoms with Gasteiger partial charge < -0.3 is 12.3 Å². The molecule has 88 valence electrons. The van der Waals surface area contributed by atoms with Gasteiger partial charge in [-0.2, -0.15) is 0 Å². The van der Waals surface area contributed by atoms with Gasteiger partial charge in [0.2, 0.25) is 0 Å². The second-order valence-electron chi connectivity index (χ2n) is 4.45. The molecule has 0 aromatic carbocycles. The molecule has 2 aliphatic heterocycles. The molecule has 2 rings (SSSR count). The van der Waals surface area contributed by atoms with E-state index in [0.717, 1.165) is 13.1 Å². The minimum atomic E-state index is -2.03. The number of nitrogens with zero attached hydrogens (tertiary/aromatic N) is 1. The van der Waals surface area contributed by atoms with Crippen LogP contribution in [0.4, 0.5) is 0 Å². The molecule has 0 bridgehead atoms. The standard InChI is InChI=1S/C8H21NO3Si3/c1-13-10-14(2)12-15(3,11-13)9-7-5-4-6-8-9/h13-14H,4-8H2,1-3H3. The van der Waals surface area contributed by atoms with Crippen LogP contribution in [0.15, 0.2) is 0 Å². The van der Waals surface area contributed by atoms with E-state index in [0.29, 0.717) is 0 Å². The summed E-state index contributed by atoms with van der Waals surface area (Å²) in [6.07, 6.45) is 3.95. The lowest BCUT2D eigenvalue weighted by molar-refractivity contribution is 0.181. The van der Waals surface area contributed by atoms with Crippen LogP contribution in [0.25, 0.3) is 0 Å². The first-order valence-electron chi connectivity index (χ1n) is 5.86. The predicted molar refractivity (Wildman–Crippen MR) is 66.3 cm³/mol. The zero-order valence-corrected chi connectivity index (χ0v) is 13.2. The highest BCUT2D eigenvalue weighted by Crippen LogP contribution is 2.24. The molecule has 15 heavy (non-hydrogen) atoms. The predicted octanol–water partition coefficient (Wildman–Crippen LogP) is 0.805. The molecule has 0 N–H and O–H groups in total. The monoisotopic (exact) mass is 263 g/mol. The highest BCUT2D eigenvalue weighted by Gasteiger charge is 2.46. The number of piperidine rings is 1. The maximum Gasteiger partial charge on any atom is 0.406 e. The fraction of sp³-hybridized carbons (Fsp3) is 1.00. The molecule has 0 radical (unpaired) electrons. The smallest absolute Gasteiger partial charge is 0.406 e. The maximum atomic E-state index is 6.08. The number of hydrogen-bond donors (Lipinski definition) is 0. The van der Waals surface area contributed by atoms with Gasteiger partial charge in [-0.3, -0.25) is 4.57 Å². The van der Waals surface area contributed by atoms with Gasteiger partial charge in [-0.1, -0.05) is 6.42 Å². The molecule has 7 heteroatoms. The van der Waals surface area contributed by atoms with Crippen molar-refractivity contribution in [2.45, 2.75) is 38.9 Å². The Kier molecular flexibility index (Phi) is 3.81. The Hall–Kier alpha value is 0.491. The van der Waals surface area contributed by atoms with E-state index in [9.17, 15) is 0 Å². The maximum absolute atomic E-state index is 6.08. The van der Waals surface area contributed by atoms with E-state index in [1.54, 1.807) is 0 Å². The van der Waals surface area contributed by atoms with Gasteiger partial charge in [-0.15, -0.1) is 0 Å². The molecule has 0 saturated carbocycles. The Labute approximate surface area is 96.5 Å². The zero-order valence-electron chi connectivity index (χ0n) is 9.86. The molecular weight excluding hydrogens is 242 g/mol. The molecule has 2 aliphatic rings. The van der Waals surface area contributed by atoms with Crippen molar-refractivity contribution in [3.05, 3.63) is 0 Å². The lowest BCUT2D eigenvalue weighted by atomic mass is 10.2. The van der Waals surface area contributed by atoms with Crippen molar-refractivity contribution in [3.8, 4) is 0 Å². The average molecular weight is 264 g/mol. The molecule has 0 amide bonds. The minimum Gasteiger partial charge on any atom is -0.420 e. The van der Waals surface area contributed by atoms with E-state index >= 15 is 0 Å². The first kappa shape index (κ1) is 12.0. The SMILES string of the molecule is C[SiH]1O[SiH](C)O[Si](C)(N2CCCCC2)O1. The Morgan fingerprint density at radius 2 is 1.53 bits per heavy atom. The van der Waals surface area contributed by atoms with Crippen molar-refractivity contribution in [1.82, 2.24) is 4.57 Å². The summed E-state index contributed by atoms with van der Waals surface area (Å²) in [4.78, 5) is 0. The summed E-state index contributed by atoms with van der Waals surface area (Å²) >= 11 is 0. The molecule has 0 aromatic rings. The highest BCUT2D eigenvalue weighted by atomic mass is 28.5. The van der Waals surface area contributed by atoms with Crippen molar-refractivity contribution in [1.29, 1.82) is 0 Å². The van der Waals surface area contributed by atoms with Gasteiger partial charge in [0.1, 0.15) is 0 Å². The first-order chi connectivity index (χ1) is 7.10. The van der Waals surface area contributed by atoms with Gasteiger partial charge in [0.15, 0.2) is 0 Å². The summed E-state index contributed by atoms with van der Waals surface area (Å²) in [5, 5.41) is 0. The summed E-state index contributed by atoms with van der Waals surface area (Å²) in [7, 11) is -4.81. The molecule has 2 heterocycles. The molecule has 0 aromatic heterocycles. The number of hydrogen-bond acceptors (Lipinski definition) is 4. The Morgan fingerprint density at radius 1 is 1.00 bits per heavy atom. The van der Waals surface area contributed by atoms with Crippen LogP contribution >= 0.6 is 0 Å². The summed E-state index contributed by atoms with van der Waals surface area (Å²) in [5.41, 5.74) is 0. The normalized spacial score (nSPS) is 44.2. The summed E-state index contributed by atoms with van der Waals surface area (Å²) in [6.45, 7) is 8.77. The summed E-state index contributed by atoms with van der Waals surface area (Å²) in [5.74, 6) is 0. The minimum absolute atomic E-state index is 1.16. The van der Waals surface area contributed by atoms with Gasteiger partial charge in [-0.05, 0) is 45.6 Å². The van der Waals surface area contributed by atoms with Crippen LogP contribution in [0, 0.1) is 0 Å². The molecular formula is C8H21NO3Si3. The largest absolute Gasteiger partial charge is 0.420 e. The topological polar surface area (TPSA) is 30.9 Å². The van der Waals surface area contributed by atoms with E-state index in [1.807, 2.05) is 0 Å². The van der Waals surface area contributed by atoms with Gasteiger partial charge in [0.25, 0.3) is 0 Å². The molecule has 2 atom stereocenters. The van der Waals surface area contributed by atoms with Gasteiger partial charge in [0.05, 0.1) is 0 Å². The molecule has 0 aliphatic carbocycles. The van der Waals surface area contributed by atoms with Crippen LogP contribution in [-0.4, -0.2) is 44.9 Å². The zero-order chi connectivity index (χ0) is 10.9. The molecule has 2 saturated heterocycles. The van der Waals surface area contributed by atoms with Gasteiger partial charge in [0, 0.05) is 0 Å². The Balaban J connectivity index is 2.02. The van der Waals surface area contributed by atoms with Crippen LogP contribution in [0.5, 0.6) is 0 Å². The highest BCUT2D eigenvalue weighted by molar-refractivity contribution is 6.80. The van der Waals surface area contributed by atoms with Crippen LogP contribution in [0.2, 0.25) is 19.6 Å². The molecule has 0 spiro atoms. The number of rotatable bonds is 1. The lowest BCUT2D eigenvalue weighted by Crippen LogP contribution is -2.65. The second kappa shape index (κ2) is 4.78. The van der Waals surface area contributed by atoms with E-state index in [4.69, 9.17) is 12.3 Å². The summed E-state index contributed by atoms with van der Waals surface area (Å²) in [6, 6.07) is 0. The second-order valence-corrected chi connectivity index (χ2v) is 12.1. The van der Waals surface area contributed by atoms with Crippen molar-refractivity contribution >= 4 is 27.3 Å². The van der Waals surface area contributed by atoms with Crippen LogP contribution < -0.4 is 0 Å². The van der Waals surface area contributed by atoms with Crippen molar-refractivity contribution < 1.29 is 12.3 Å². The average Bonchev–Trinajstić information content (AvgIpc) is 2.17. The van der Waals surface area contributed by atoms with E-state index in [-0.39, 0.29) is 0 Å². The third-order valence-electron chi connectivity index (χ3n) is 3.08. The third kappa shape index (κ3) is 2.79. The van der Waals surface area contributed by atoms with Crippen molar-refractivity contribution in [3.63, 3.8) is 0 Å². The van der Waals surface area contributed by atoms with Gasteiger partial charge >= 0.3 is 27.3 Å². The van der Waals surface area contributed by atoms with Gasteiger partial charge in [-0.25, -0.2) is 0 Å². The Bertz CT molecular complexity index is 215. The van der Waals surface area contributed by atoms with Crippen molar-refractivity contribution in [2.75, 3.05) is 13.1 Å². The summed E-state index contributed by atoms with van der Waals surface area (Å²) < 4.78 is 20.3.